The largest absolute Gasteiger partial charge is 0.451 e. The van der Waals surface area contributed by atoms with Crippen LogP contribution in [-0.2, 0) is 9.53 Å². The van der Waals surface area contributed by atoms with Gasteiger partial charge in [0.15, 0.2) is 0 Å². The van der Waals surface area contributed by atoms with Gasteiger partial charge in [-0.1, -0.05) is 13.3 Å². The molecule has 3 rings (SSSR count). The molecule has 15 heavy (non-hydrogen) atoms. The zero-order valence-corrected chi connectivity index (χ0v) is 9.34. The standard InChI is InChI=1S/C13H18O2/c1-12-6-2-3-8-13(12)10(5-4-7-12)9-11(14)15-13/h9H,2-8H2,1H3/t12-,13-/m0/s1. The van der Waals surface area contributed by atoms with Crippen molar-refractivity contribution in [3.05, 3.63) is 11.6 Å². The molecular formula is C13H18O2. The molecule has 2 saturated carbocycles. The van der Waals surface area contributed by atoms with Crippen molar-refractivity contribution >= 4 is 5.97 Å². The summed E-state index contributed by atoms with van der Waals surface area (Å²) >= 11 is 0. The summed E-state index contributed by atoms with van der Waals surface area (Å²) in [6.45, 7) is 2.32. The van der Waals surface area contributed by atoms with Crippen molar-refractivity contribution in [3.8, 4) is 0 Å². The minimum Gasteiger partial charge on any atom is -0.451 e. The molecule has 0 aromatic carbocycles. The highest BCUT2D eigenvalue weighted by molar-refractivity contribution is 5.87. The van der Waals surface area contributed by atoms with Crippen molar-refractivity contribution in [2.75, 3.05) is 0 Å². The molecule has 0 unspecified atom stereocenters. The van der Waals surface area contributed by atoms with Crippen molar-refractivity contribution in [1.82, 2.24) is 0 Å². The molecule has 1 spiro atoms. The summed E-state index contributed by atoms with van der Waals surface area (Å²) < 4.78 is 5.73. The van der Waals surface area contributed by atoms with Crippen LogP contribution < -0.4 is 0 Å². The van der Waals surface area contributed by atoms with Gasteiger partial charge in [0.1, 0.15) is 5.60 Å². The lowest BCUT2D eigenvalue weighted by Gasteiger charge is -2.52. The molecule has 0 aromatic heterocycles. The number of hydrogen-bond donors (Lipinski definition) is 0. The van der Waals surface area contributed by atoms with Crippen LogP contribution in [0.1, 0.15) is 51.9 Å². The third-order valence-corrected chi connectivity index (χ3v) is 4.74. The van der Waals surface area contributed by atoms with Crippen LogP contribution in [0.25, 0.3) is 0 Å². The summed E-state index contributed by atoms with van der Waals surface area (Å²) in [6, 6.07) is 0. The molecule has 2 heteroatoms. The third-order valence-electron chi connectivity index (χ3n) is 4.74. The zero-order valence-electron chi connectivity index (χ0n) is 9.34. The average Bonchev–Trinajstić information content (AvgIpc) is 2.52. The molecule has 2 aliphatic carbocycles. The maximum Gasteiger partial charge on any atom is 0.331 e. The Morgan fingerprint density at radius 2 is 1.93 bits per heavy atom. The van der Waals surface area contributed by atoms with Gasteiger partial charge >= 0.3 is 5.97 Å². The Labute approximate surface area is 90.7 Å². The van der Waals surface area contributed by atoms with Crippen LogP contribution in [-0.4, -0.2) is 11.6 Å². The highest BCUT2D eigenvalue weighted by Gasteiger charge is 2.58. The van der Waals surface area contributed by atoms with Crippen LogP contribution in [0.5, 0.6) is 0 Å². The van der Waals surface area contributed by atoms with Crippen LogP contribution in [0.2, 0.25) is 0 Å². The fourth-order valence-electron chi connectivity index (χ4n) is 3.91. The fourth-order valence-corrected chi connectivity index (χ4v) is 3.91. The van der Waals surface area contributed by atoms with Crippen LogP contribution in [0.3, 0.4) is 0 Å². The van der Waals surface area contributed by atoms with Gasteiger partial charge in [-0.05, 0) is 44.1 Å². The van der Waals surface area contributed by atoms with E-state index in [1.54, 1.807) is 6.08 Å². The molecule has 0 radical (unpaired) electrons. The van der Waals surface area contributed by atoms with Gasteiger partial charge in [0.2, 0.25) is 0 Å². The summed E-state index contributed by atoms with van der Waals surface area (Å²) in [6.07, 6.45) is 10.1. The first kappa shape index (κ1) is 9.44. The predicted molar refractivity (Wildman–Crippen MR) is 57.3 cm³/mol. The Kier molecular flexibility index (Phi) is 1.80. The van der Waals surface area contributed by atoms with E-state index in [-0.39, 0.29) is 17.0 Å². The topological polar surface area (TPSA) is 26.3 Å². The molecule has 0 N–H and O–H groups in total. The molecule has 0 aromatic rings. The minimum absolute atomic E-state index is 0.0972. The number of rotatable bonds is 0. The summed E-state index contributed by atoms with van der Waals surface area (Å²) in [7, 11) is 0. The monoisotopic (exact) mass is 206 g/mol. The first-order valence-corrected chi connectivity index (χ1v) is 6.10. The first-order valence-electron chi connectivity index (χ1n) is 6.10. The molecule has 0 saturated heterocycles. The van der Waals surface area contributed by atoms with Gasteiger partial charge < -0.3 is 4.74 Å². The Morgan fingerprint density at radius 3 is 2.80 bits per heavy atom. The maximum atomic E-state index is 11.5. The van der Waals surface area contributed by atoms with E-state index in [4.69, 9.17) is 4.74 Å². The summed E-state index contributed by atoms with van der Waals surface area (Å²) in [4.78, 5) is 11.5. The number of hydrogen-bond acceptors (Lipinski definition) is 2. The van der Waals surface area contributed by atoms with Crippen molar-refractivity contribution in [3.63, 3.8) is 0 Å². The predicted octanol–water partition coefficient (Wildman–Crippen LogP) is 2.97. The van der Waals surface area contributed by atoms with Gasteiger partial charge in [0.05, 0.1) is 0 Å². The number of esters is 1. The van der Waals surface area contributed by atoms with Crippen molar-refractivity contribution < 1.29 is 9.53 Å². The quantitative estimate of drug-likeness (QED) is 0.569. The van der Waals surface area contributed by atoms with E-state index in [2.05, 4.69) is 6.92 Å². The Bertz CT molecular complexity index is 340. The van der Waals surface area contributed by atoms with Crippen molar-refractivity contribution in [2.24, 2.45) is 5.41 Å². The lowest BCUT2D eigenvalue weighted by molar-refractivity contribution is -0.167. The van der Waals surface area contributed by atoms with E-state index in [1.165, 1.54) is 37.7 Å². The van der Waals surface area contributed by atoms with Crippen molar-refractivity contribution in [1.29, 1.82) is 0 Å². The lowest BCUT2D eigenvalue weighted by Crippen LogP contribution is -2.52. The zero-order chi connectivity index (χ0) is 10.5. The summed E-state index contributed by atoms with van der Waals surface area (Å²) in [5.41, 5.74) is 1.32. The normalized spacial score (nSPS) is 44.1. The second-order valence-electron chi connectivity index (χ2n) is 5.54. The van der Waals surface area contributed by atoms with E-state index in [0.29, 0.717) is 0 Å². The number of carbonyl (C=O) groups is 1. The average molecular weight is 206 g/mol. The van der Waals surface area contributed by atoms with E-state index >= 15 is 0 Å². The van der Waals surface area contributed by atoms with Gasteiger partial charge in [-0.25, -0.2) is 4.79 Å². The van der Waals surface area contributed by atoms with Crippen LogP contribution in [0, 0.1) is 5.41 Å². The molecule has 1 aliphatic heterocycles. The van der Waals surface area contributed by atoms with E-state index < -0.39 is 0 Å². The SMILES string of the molecule is C[C@@]12CCCC[C@@]13OC(=O)C=C3CCC2. The number of carbonyl (C=O) groups excluding carboxylic acids is 1. The summed E-state index contributed by atoms with van der Waals surface area (Å²) in [5.74, 6) is -0.0972. The summed E-state index contributed by atoms with van der Waals surface area (Å²) in [5, 5.41) is 0. The van der Waals surface area contributed by atoms with Crippen LogP contribution in [0.4, 0.5) is 0 Å². The first-order chi connectivity index (χ1) is 7.16. The fraction of sp³-hybridized carbons (Fsp3) is 0.769. The molecule has 2 nitrogen and oxygen atoms in total. The molecule has 3 aliphatic rings. The second-order valence-corrected chi connectivity index (χ2v) is 5.54. The molecule has 82 valence electrons. The maximum absolute atomic E-state index is 11.5. The molecular weight excluding hydrogens is 188 g/mol. The molecule has 2 atom stereocenters. The van der Waals surface area contributed by atoms with E-state index in [1.807, 2.05) is 0 Å². The van der Waals surface area contributed by atoms with Crippen LogP contribution in [0.15, 0.2) is 11.6 Å². The third kappa shape index (κ3) is 1.08. The lowest BCUT2D eigenvalue weighted by atomic mass is 9.56. The Hall–Kier alpha value is -0.790. The molecule has 2 fully saturated rings. The Morgan fingerprint density at radius 1 is 1.20 bits per heavy atom. The Balaban J connectivity index is 2.07. The highest BCUT2D eigenvalue weighted by atomic mass is 16.6. The van der Waals surface area contributed by atoms with Gasteiger partial charge in [0, 0.05) is 11.5 Å². The van der Waals surface area contributed by atoms with Crippen molar-refractivity contribution in [2.45, 2.75) is 57.5 Å². The van der Waals surface area contributed by atoms with Gasteiger partial charge in [-0.3, -0.25) is 0 Å². The molecule has 0 bridgehead atoms. The van der Waals surface area contributed by atoms with E-state index in [0.717, 1.165) is 12.8 Å². The number of ether oxygens (including phenoxy) is 1. The minimum atomic E-state index is -0.194. The van der Waals surface area contributed by atoms with Gasteiger partial charge in [0.25, 0.3) is 0 Å². The van der Waals surface area contributed by atoms with Gasteiger partial charge in [-0.2, -0.15) is 0 Å². The van der Waals surface area contributed by atoms with E-state index in [9.17, 15) is 4.79 Å². The molecule has 1 heterocycles. The smallest absolute Gasteiger partial charge is 0.331 e. The van der Waals surface area contributed by atoms with Gasteiger partial charge in [-0.15, -0.1) is 0 Å². The van der Waals surface area contributed by atoms with Crippen LogP contribution >= 0.6 is 0 Å². The molecule has 0 amide bonds. The highest BCUT2D eigenvalue weighted by Crippen LogP contribution is 2.58. The second kappa shape index (κ2) is 2.87.